The lowest BCUT2D eigenvalue weighted by molar-refractivity contribution is 0.0935. The van der Waals surface area contributed by atoms with Crippen LogP contribution in [0.2, 0.25) is 0 Å². The highest BCUT2D eigenvalue weighted by Gasteiger charge is 2.12. The van der Waals surface area contributed by atoms with Crippen LogP contribution in [-0.2, 0) is 0 Å². The molecule has 3 nitrogen and oxygen atoms in total. The van der Waals surface area contributed by atoms with Crippen molar-refractivity contribution in [3.63, 3.8) is 0 Å². The zero-order chi connectivity index (χ0) is 15.0. The van der Waals surface area contributed by atoms with Crippen LogP contribution in [-0.4, -0.2) is 24.3 Å². The van der Waals surface area contributed by atoms with Gasteiger partial charge in [0.1, 0.15) is 0 Å². The fourth-order valence-electron chi connectivity index (χ4n) is 1.76. The molecule has 0 heterocycles. The Morgan fingerprint density at radius 1 is 1.33 bits per heavy atom. The van der Waals surface area contributed by atoms with Crippen molar-refractivity contribution in [2.24, 2.45) is 5.73 Å². The van der Waals surface area contributed by atoms with Gasteiger partial charge in [-0.25, -0.2) is 0 Å². The maximum absolute atomic E-state index is 12.2. The zero-order valence-electron chi connectivity index (χ0n) is 11.9. The Bertz CT molecular complexity index is 418. The Hall–Kier alpha value is -0.850. The van der Waals surface area contributed by atoms with Gasteiger partial charge in [0.2, 0.25) is 0 Å². The number of carbonyl (C=O) groups excluding carboxylic acids is 1. The van der Waals surface area contributed by atoms with E-state index in [0.717, 1.165) is 19.3 Å². The van der Waals surface area contributed by atoms with Crippen molar-refractivity contribution in [2.45, 2.75) is 42.9 Å². The first kappa shape index (κ1) is 20.1. The molecular weight excluding hydrogens is 318 g/mol. The van der Waals surface area contributed by atoms with Gasteiger partial charge < -0.3 is 11.1 Å². The first-order valence-electron chi connectivity index (χ1n) is 6.62. The van der Waals surface area contributed by atoms with E-state index in [-0.39, 0.29) is 24.4 Å². The van der Waals surface area contributed by atoms with Gasteiger partial charge in [0, 0.05) is 23.0 Å². The van der Waals surface area contributed by atoms with Crippen LogP contribution >= 0.6 is 24.2 Å². The molecule has 1 rings (SSSR count). The van der Waals surface area contributed by atoms with Crippen molar-refractivity contribution in [1.82, 2.24) is 5.32 Å². The summed E-state index contributed by atoms with van der Waals surface area (Å²) >= 11 is 0.463. The Kier molecular flexibility index (Phi) is 10.4. The average Bonchev–Trinajstić information content (AvgIpc) is 2.43. The predicted octanol–water partition coefficient (Wildman–Crippen LogP) is 3.67. The molecule has 1 aromatic carbocycles. The second-order valence-electron chi connectivity index (χ2n) is 4.45. The standard InChI is InChI=1S/C14H20F2N2OS.ClH/c1-2-3-4-11(9-17)18-13(19)10-5-7-12(8-6-10)20-14(15)16;/h5-8,11,14H,2-4,9,17H2,1H3,(H,18,19);1H. The van der Waals surface area contributed by atoms with E-state index >= 15 is 0 Å². The molecule has 0 saturated heterocycles. The van der Waals surface area contributed by atoms with Crippen LogP contribution < -0.4 is 11.1 Å². The summed E-state index contributed by atoms with van der Waals surface area (Å²) in [6.07, 6.45) is 2.90. The maximum Gasteiger partial charge on any atom is 0.288 e. The summed E-state index contributed by atoms with van der Waals surface area (Å²) in [4.78, 5) is 12.4. The number of nitrogens with two attached hydrogens (primary N) is 1. The third-order valence-corrected chi connectivity index (χ3v) is 3.59. The lowest BCUT2D eigenvalue weighted by atomic mass is 10.1. The summed E-state index contributed by atoms with van der Waals surface area (Å²) in [6.45, 7) is 2.47. The number of nitrogens with one attached hydrogen (secondary N) is 1. The largest absolute Gasteiger partial charge is 0.348 e. The molecule has 3 N–H and O–H groups in total. The molecule has 7 heteroatoms. The molecule has 0 spiro atoms. The number of thioether (sulfide) groups is 1. The van der Waals surface area contributed by atoms with E-state index in [4.69, 9.17) is 5.73 Å². The average molecular weight is 339 g/mol. The van der Waals surface area contributed by atoms with Crippen molar-refractivity contribution >= 4 is 30.1 Å². The van der Waals surface area contributed by atoms with Gasteiger partial charge in [0.05, 0.1) is 0 Å². The van der Waals surface area contributed by atoms with Crippen molar-refractivity contribution in [3.8, 4) is 0 Å². The lowest BCUT2D eigenvalue weighted by Gasteiger charge is -2.16. The van der Waals surface area contributed by atoms with Gasteiger partial charge in [0.25, 0.3) is 11.7 Å². The highest BCUT2D eigenvalue weighted by molar-refractivity contribution is 7.99. The number of hydrogen-bond donors (Lipinski definition) is 2. The van der Waals surface area contributed by atoms with Gasteiger partial charge in [-0.3, -0.25) is 4.79 Å². The van der Waals surface area contributed by atoms with Gasteiger partial charge in [-0.2, -0.15) is 8.78 Å². The number of halogens is 3. The molecule has 0 bridgehead atoms. The second-order valence-corrected chi connectivity index (χ2v) is 5.51. The number of carbonyl (C=O) groups is 1. The normalized spacial score (nSPS) is 11.9. The molecule has 0 aromatic heterocycles. The maximum atomic E-state index is 12.2. The van der Waals surface area contributed by atoms with Crippen molar-refractivity contribution in [1.29, 1.82) is 0 Å². The van der Waals surface area contributed by atoms with E-state index in [0.29, 0.717) is 28.8 Å². The van der Waals surface area contributed by atoms with Crippen LogP contribution in [0.15, 0.2) is 29.2 Å². The second kappa shape index (κ2) is 10.8. The number of rotatable bonds is 8. The Morgan fingerprint density at radius 3 is 2.43 bits per heavy atom. The number of amides is 1. The first-order valence-corrected chi connectivity index (χ1v) is 7.50. The minimum Gasteiger partial charge on any atom is -0.348 e. The molecule has 0 aliphatic carbocycles. The molecule has 120 valence electrons. The number of hydrogen-bond acceptors (Lipinski definition) is 3. The molecule has 0 aliphatic heterocycles. The Morgan fingerprint density at radius 2 is 1.95 bits per heavy atom. The molecule has 0 radical (unpaired) electrons. The third-order valence-electron chi connectivity index (χ3n) is 2.87. The summed E-state index contributed by atoms with van der Waals surface area (Å²) < 4.78 is 24.4. The van der Waals surface area contributed by atoms with Crippen LogP contribution in [0, 0.1) is 0 Å². The van der Waals surface area contributed by atoms with Crippen LogP contribution in [0.25, 0.3) is 0 Å². The van der Waals surface area contributed by atoms with E-state index < -0.39 is 5.76 Å². The molecule has 1 aromatic rings. The quantitative estimate of drug-likeness (QED) is 0.711. The number of alkyl halides is 2. The Balaban J connectivity index is 0.00000400. The molecule has 1 unspecified atom stereocenters. The van der Waals surface area contributed by atoms with Crippen LogP contribution in [0.5, 0.6) is 0 Å². The molecule has 0 fully saturated rings. The lowest BCUT2D eigenvalue weighted by Crippen LogP contribution is -2.40. The minimum atomic E-state index is -2.45. The predicted molar refractivity (Wildman–Crippen MR) is 85.4 cm³/mol. The summed E-state index contributed by atoms with van der Waals surface area (Å²) in [5, 5.41) is 2.86. The fraction of sp³-hybridized carbons (Fsp3) is 0.500. The molecule has 1 amide bonds. The van der Waals surface area contributed by atoms with Crippen molar-refractivity contribution < 1.29 is 13.6 Å². The summed E-state index contributed by atoms with van der Waals surface area (Å²) in [7, 11) is 0. The van der Waals surface area contributed by atoms with E-state index in [9.17, 15) is 13.6 Å². The molecule has 0 saturated carbocycles. The summed E-state index contributed by atoms with van der Waals surface area (Å²) in [5.74, 6) is -2.67. The molecule has 21 heavy (non-hydrogen) atoms. The zero-order valence-corrected chi connectivity index (χ0v) is 13.5. The van der Waals surface area contributed by atoms with Gasteiger partial charge in [-0.15, -0.1) is 12.4 Å². The third kappa shape index (κ3) is 7.64. The van der Waals surface area contributed by atoms with Crippen LogP contribution in [0.1, 0.15) is 36.5 Å². The van der Waals surface area contributed by atoms with Crippen LogP contribution in [0.4, 0.5) is 8.78 Å². The van der Waals surface area contributed by atoms with Gasteiger partial charge in [-0.1, -0.05) is 31.5 Å². The minimum absolute atomic E-state index is 0. The van der Waals surface area contributed by atoms with Gasteiger partial charge in [-0.05, 0) is 30.7 Å². The molecular formula is C14H21ClF2N2OS. The van der Waals surface area contributed by atoms with Crippen molar-refractivity contribution in [2.75, 3.05) is 6.54 Å². The SMILES string of the molecule is CCCCC(CN)NC(=O)c1ccc(SC(F)F)cc1.Cl. The monoisotopic (exact) mass is 338 g/mol. The van der Waals surface area contributed by atoms with Gasteiger partial charge >= 0.3 is 0 Å². The number of unbranched alkanes of at least 4 members (excludes halogenated alkanes) is 1. The fourth-order valence-corrected chi connectivity index (χ4v) is 2.25. The number of benzene rings is 1. The van der Waals surface area contributed by atoms with E-state index in [2.05, 4.69) is 12.2 Å². The molecule has 1 atom stereocenters. The highest BCUT2D eigenvalue weighted by Crippen LogP contribution is 2.25. The van der Waals surface area contributed by atoms with Crippen LogP contribution in [0.3, 0.4) is 0 Å². The van der Waals surface area contributed by atoms with Gasteiger partial charge in [0.15, 0.2) is 0 Å². The highest BCUT2D eigenvalue weighted by atomic mass is 35.5. The summed E-state index contributed by atoms with van der Waals surface area (Å²) in [5.41, 5.74) is 6.07. The summed E-state index contributed by atoms with van der Waals surface area (Å²) in [6, 6.07) is 6.10. The topological polar surface area (TPSA) is 55.1 Å². The first-order chi connectivity index (χ1) is 9.56. The van der Waals surface area contributed by atoms with E-state index in [1.807, 2.05) is 0 Å². The van der Waals surface area contributed by atoms with E-state index in [1.54, 1.807) is 12.1 Å². The Labute approximate surface area is 134 Å². The van der Waals surface area contributed by atoms with Crippen molar-refractivity contribution in [3.05, 3.63) is 29.8 Å². The smallest absolute Gasteiger partial charge is 0.288 e. The van der Waals surface area contributed by atoms with E-state index in [1.165, 1.54) is 12.1 Å². The molecule has 0 aliphatic rings.